The van der Waals surface area contributed by atoms with Crippen molar-refractivity contribution in [3.63, 3.8) is 0 Å². The van der Waals surface area contributed by atoms with E-state index in [9.17, 15) is 13.2 Å². The van der Waals surface area contributed by atoms with Gasteiger partial charge in [0.05, 0.1) is 31.9 Å². The van der Waals surface area contributed by atoms with Gasteiger partial charge in [-0.15, -0.1) is 0 Å². The third kappa shape index (κ3) is 4.87. The van der Waals surface area contributed by atoms with Gasteiger partial charge in [-0.3, -0.25) is 9.10 Å². The maximum absolute atomic E-state index is 13.9. The van der Waals surface area contributed by atoms with Gasteiger partial charge < -0.3 is 19.1 Å². The maximum atomic E-state index is 13.9. The number of nitrogens with zero attached hydrogens (tertiary/aromatic N) is 2. The highest BCUT2D eigenvalue weighted by Gasteiger charge is 2.35. The summed E-state index contributed by atoms with van der Waals surface area (Å²) in [5.74, 6) is 0.911. The monoisotopic (exact) mass is 574 g/mol. The molecule has 0 saturated carbocycles. The number of ether oxygens (including phenoxy) is 3. The molecule has 0 radical (unpaired) electrons. The van der Waals surface area contributed by atoms with Crippen molar-refractivity contribution < 1.29 is 27.4 Å². The molecule has 8 nitrogen and oxygen atoms in total. The van der Waals surface area contributed by atoms with Crippen LogP contribution in [-0.2, 0) is 21.2 Å². The Morgan fingerprint density at radius 1 is 0.972 bits per heavy atom. The normalized spacial score (nSPS) is 14.8. The first kappa shape index (κ1) is 25.8. The smallest absolute Gasteiger partial charge is 0.264 e. The number of halogens is 1. The molecule has 0 spiro atoms. The molecule has 1 atom stereocenters. The Balaban J connectivity index is 1.75. The summed E-state index contributed by atoms with van der Waals surface area (Å²) in [6.07, 6.45) is 0.686. The largest absolute Gasteiger partial charge is 0.497 e. The second-order valence-electron chi connectivity index (χ2n) is 8.32. The third-order valence-corrected chi connectivity index (χ3v) is 8.37. The van der Waals surface area contributed by atoms with E-state index >= 15 is 0 Å². The average molecular weight is 575 g/mol. The Hall–Kier alpha value is -3.24. The number of hydrogen-bond donors (Lipinski definition) is 0. The molecule has 4 rings (SSSR count). The Morgan fingerprint density at radius 3 is 2.31 bits per heavy atom. The van der Waals surface area contributed by atoms with Crippen molar-refractivity contribution in [1.29, 1.82) is 0 Å². The zero-order valence-electron chi connectivity index (χ0n) is 20.4. The minimum Gasteiger partial charge on any atom is -0.497 e. The van der Waals surface area contributed by atoms with Crippen molar-refractivity contribution in [1.82, 2.24) is 0 Å². The number of rotatable bonds is 8. The molecule has 0 saturated heterocycles. The fraction of sp³-hybridized carbons (Fsp3) is 0.269. The van der Waals surface area contributed by atoms with E-state index in [4.69, 9.17) is 14.2 Å². The summed E-state index contributed by atoms with van der Waals surface area (Å²) in [5, 5.41) is 0. The van der Waals surface area contributed by atoms with Crippen LogP contribution >= 0.6 is 15.9 Å². The highest BCUT2D eigenvalue weighted by molar-refractivity contribution is 9.10. The molecule has 0 aromatic heterocycles. The summed E-state index contributed by atoms with van der Waals surface area (Å²) >= 11 is 3.48. The summed E-state index contributed by atoms with van der Waals surface area (Å²) < 4.78 is 45.6. The van der Waals surface area contributed by atoms with Crippen LogP contribution < -0.4 is 23.4 Å². The van der Waals surface area contributed by atoms with E-state index < -0.39 is 10.0 Å². The molecule has 3 aromatic carbocycles. The van der Waals surface area contributed by atoms with Gasteiger partial charge in [-0.1, -0.05) is 15.9 Å². The Labute approximate surface area is 219 Å². The SMILES string of the molecule is COc1ccc(N(CC(=O)N2c3ccc(Br)cc3C[C@@H]2C)S(=O)(=O)c2ccc(OC)c(OC)c2)cc1. The molecule has 1 aliphatic rings. The second-order valence-corrected chi connectivity index (χ2v) is 11.1. The zero-order chi connectivity index (χ0) is 26.0. The molecule has 0 N–H and O–H groups in total. The fourth-order valence-electron chi connectivity index (χ4n) is 4.35. The Bertz CT molecular complexity index is 1380. The van der Waals surface area contributed by atoms with Crippen LogP contribution in [0.25, 0.3) is 0 Å². The second kappa shape index (κ2) is 10.4. The minimum absolute atomic E-state index is 0.0254. The Morgan fingerprint density at radius 2 is 1.67 bits per heavy atom. The van der Waals surface area contributed by atoms with Gasteiger partial charge in [0, 0.05) is 22.3 Å². The standard InChI is InChI=1S/C26H27BrN2O6S/c1-17-13-18-14-19(27)5-11-23(18)29(17)26(30)16-28(20-6-8-21(33-2)9-7-20)36(31,32)22-10-12-24(34-3)25(15-22)35-4/h5-12,14-15,17H,13,16H2,1-4H3/t17-/m0/s1. The van der Waals surface area contributed by atoms with E-state index in [1.54, 1.807) is 29.2 Å². The van der Waals surface area contributed by atoms with Crippen LogP contribution in [0.15, 0.2) is 70.0 Å². The molecule has 0 unspecified atom stereocenters. The third-order valence-electron chi connectivity index (χ3n) is 6.11. The van der Waals surface area contributed by atoms with Gasteiger partial charge >= 0.3 is 0 Å². The quantitative estimate of drug-likeness (QED) is 0.389. The van der Waals surface area contributed by atoms with E-state index in [0.717, 1.165) is 20.0 Å². The molecule has 0 fully saturated rings. The molecular weight excluding hydrogens is 548 g/mol. The van der Waals surface area contributed by atoms with Gasteiger partial charge in [-0.05, 0) is 73.5 Å². The molecule has 1 amide bonds. The number of hydrogen-bond acceptors (Lipinski definition) is 6. The van der Waals surface area contributed by atoms with E-state index in [-0.39, 0.29) is 29.1 Å². The number of amides is 1. The minimum atomic E-state index is -4.16. The van der Waals surface area contributed by atoms with Crippen LogP contribution in [0.5, 0.6) is 17.2 Å². The number of sulfonamides is 1. The lowest BCUT2D eigenvalue weighted by atomic mass is 10.1. The zero-order valence-corrected chi connectivity index (χ0v) is 22.8. The molecule has 0 bridgehead atoms. The van der Waals surface area contributed by atoms with Crippen molar-refractivity contribution in [3.05, 3.63) is 70.7 Å². The van der Waals surface area contributed by atoms with Gasteiger partial charge in [0.1, 0.15) is 12.3 Å². The van der Waals surface area contributed by atoms with Gasteiger partial charge in [-0.2, -0.15) is 0 Å². The molecular formula is C26H27BrN2O6S. The van der Waals surface area contributed by atoms with Crippen LogP contribution in [0.2, 0.25) is 0 Å². The van der Waals surface area contributed by atoms with E-state index in [0.29, 0.717) is 23.6 Å². The predicted molar refractivity (Wildman–Crippen MR) is 142 cm³/mol. The van der Waals surface area contributed by atoms with E-state index in [1.165, 1.54) is 39.5 Å². The number of methoxy groups -OCH3 is 3. The summed E-state index contributed by atoms with van der Waals surface area (Å²) in [6.45, 7) is 1.56. The van der Waals surface area contributed by atoms with Gasteiger partial charge in [0.25, 0.3) is 10.0 Å². The number of anilines is 2. The van der Waals surface area contributed by atoms with E-state index in [2.05, 4.69) is 15.9 Å². The first-order valence-corrected chi connectivity index (χ1v) is 13.4. The van der Waals surface area contributed by atoms with Crippen LogP contribution in [0.3, 0.4) is 0 Å². The van der Waals surface area contributed by atoms with Crippen molar-refractivity contribution in [3.8, 4) is 17.2 Å². The van der Waals surface area contributed by atoms with Crippen molar-refractivity contribution in [2.45, 2.75) is 24.3 Å². The summed E-state index contributed by atoms with van der Waals surface area (Å²) in [5.41, 5.74) is 2.15. The van der Waals surface area contributed by atoms with Crippen molar-refractivity contribution in [2.24, 2.45) is 0 Å². The Kier molecular flexibility index (Phi) is 7.46. The summed E-state index contributed by atoms with van der Waals surface area (Å²) in [6, 6.07) is 16.5. The van der Waals surface area contributed by atoms with Crippen molar-refractivity contribution in [2.75, 3.05) is 37.1 Å². The maximum Gasteiger partial charge on any atom is 0.264 e. The van der Waals surface area contributed by atoms with Gasteiger partial charge in [-0.25, -0.2) is 8.42 Å². The lowest BCUT2D eigenvalue weighted by Crippen LogP contribution is -2.45. The number of benzene rings is 3. The molecule has 1 aliphatic heterocycles. The molecule has 10 heteroatoms. The predicted octanol–water partition coefficient (Wildman–Crippen LogP) is 4.65. The molecule has 190 valence electrons. The van der Waals surface area contributed by atoms with Crippen LogP contribution in [0, 0.1) is 0 Å². The van der Waals surface area contributed by atoms with E-state index in [1.807, 2.05) is 25.1 Å². The molecule has 3 aromatic rings. The van der Waals surface area contributed by atoms with Crippen LogP contribution in [-0.4, -0.2) is 48.2 Å². The first-order chi connectivity index (χ1) is 17.2. The lowest BCUT2D eigenvalue weighted by molar-refractivity contribution is -0.117. The van der Waals surface area contributed by atoms with Gasteiger partial charge in [0.2, 0.25) is 5.91 Å². The lowest BCUT2D eigenvalue weighted by Gasteiger charge is -2.29. The number of carbonyl (C=O) groups is 1. The highest BCUT2D eigenvalue weighted by atomic mass is 79.9. The van der Waals surface area contributed by atoms with Crippen LogP contribution in [0.4, 0.5) is 11.4 Å². The highest BCUT2D eigenvalue weighted by Crippen LogP contribution is 2.36. The van der Waals surface area contributed by atoms with Gasteiger partial charge in [0.15, 0.2) is 11.5 Å². The summed E-state index contributed by atoms with van der Waals surface area (Å²) in [4.78, 5) is 15.3. The number of carbonyl (C=O) groups excluding carboxylic acids is 1. The molecule has 0 aliphatic carbocycles. The van der Waals surface area contributed by atoms with Crippen molar-refractivity contribution >= 4 is 43.2 Å². The first-order valence-electron chi connectivity index (χ1n) is 11.2. The molecule has 36 heavy (non-hydrogen) atoms. The van der Waals surface area contributed by atoms with Crippen LogP contribution in [0.1, 0.15) is 12.5 Å². The fourth-order valence-corrected chi connectivity index (χ4v) is 6.19. The molecule has 1 heterocycles. The average Bonchev–Trinajstić information content (AvgIpc) is 3.21. The topological polar surface area (TPSA) is 85.4 Å². The number of fused-ring (bicyclic) bond motifs is 1. The summed E-state index contributed by atoms with van der Waals surface area (Å²) in [7, 11) is 0.282.